The first-order chi connectivity index (χ1) is 6.70. The molecule has 1 aliphatic rings. The van der Waals surface area contributed by atoms with Crippen LogP contribution in [0.15, 0.2) is 0 Å². The van der Waals surface area contributed by atoms with Crippen molar-refractivity contribution in [3.05, 3.63) is 15.6 Å². The maximum Gasteiger partial charge on any atom is 0.107 e. The fourth-order valence-electron chi connectivity index (χ4n) is 1.52. The lowest BCUT2D eigenvalue weighted by Gasteiger charge is -2.04. The van der Waals surface area contributed by atoms with Crippen molar-refractivity contribution in [2.45, 2.75) is 30.6 Å². The van der Waals surface area contributed by atoms with E-state index in [1.165, 1.54) is 28.4 Å². The van der Waals surface area contributed by atoms with Gasteiger partial charge in [0, 0.05) is 22.7 Å². The molecule has 14 heavy (non-hydrogen) atoms. The van der Waals surface area contributed by atoms with Gasteiger partial charge in [-0.1, -0.05) is 15.9 Å². The van der Waals surface area contributed by atoms with Crippen LogP contribution in [-0.4, -0.2) is 24.0 Å². The van der Waals surface area contributed by atoms with Crippen LogP contribution in [0.25, 0.3) is 0 Å². The van der Waals surface area contributed by atoms with Gasteiger partial charge in [0.25, 0.3) is 0 Å². The number of nitrogens with zero attached hydrogens (tertiary/aromatic N) is 2. The van der Waals surface area contributed by atoms with Crippen molar-refractivity contribution in [2.24, 2.45) is 0 Å². The molecule has 0 aromatic carbocycles. The van der Waals surface area contributed by atoms with E-state index in [0.717, 1.165) is 17.8 Å². The molecule has 1 heterocycles. The summed E-state index contributed by atoms with van der Waals surface area (Å²) in [6.07, 6.45) is 2.68. The standard InChI is InChI=1S/C10H15BrN2S/c1-13(2)6-9-12-10(7-3-4-7)8(5-11)14-9/h7H,3-6H2,1-2H3. The molecule has 0 spiro atoms. The summed E-state index contributed by atoms with van der Waals surface area (Å²) in [5.74, 6) is 0.773. The summed E-state index contributed by atoms with van der Waals surface area (Å²) in [6.45, 7) is 0.970. The van der Waals surface area contributed by atoms with Gasteiger partial charge in [-0.3, -0.25) is 0 Å². The topological polar surface area (TPSA) is 16.1 Å². The van der Waals surface area contributed by atoms with Gasteiger partial charge in [-0.25, -0.2) is 4.98 Å². The van der Waals surface area contributed by atoms with Crippen LogP contribution < -0.4 is 0 Å². The molecule has 0 radical (unpaired) electrons. The number of halogens is 1. The molecular formula is C10H15BrN2S. The van der Waals surface area contributed by atoms with Crippen molar-refractivity contribution >= 4 is 27.3 Å². The van der Waals surface area contributed by atoms with Crippen LogP contribution in [0.5, 0.6) is 0 Å². The number of alkyl halides is 1. The second kappa shape index (κ2) is 4.29. The number of rotatable bonds is 4. The largest absolute Gasteiger partial charge is 0.303 e. The lowest BCUT2D eigenvalue weighted by atomic mass is 10.3. The van der Waals surface area contributed by atoms with E-state index in [0.29, 0.717) is 0 Å². The van der Waals surface area contributed by atoms with Gasteiger partial charge in [0.2, 0.25) is 0 Å². The number of hydrogen-bond acceptors (Lipinski definition) is 3. The van der Waals surface area contributed by atoms with Crippen molar-refractivity contribution < 1.29 is 0 Å². The third kappa shape index (κ3) is 2.35. The summed E-state index contributed by atoms with van der Waals surface area (Å²) in [6, 6.07) is 0. The Labute approximate surface area is 97.5 Å². The molecule has 0 atom stereocenters. The van der Waals surface area contributed by atoms with Crippen LogP contribution >= 0.6 is 27.3 Å². The fourth-order valence-corrected chi connectivity index (χ4v) is 3.28. The highest BCUT2D eigenvalue weighted by atomic mass is 79.9. The van der Waals surface area contributed by atoms with E-state index in [4.69, 9.17) is 4.98 Å². The Morgan fingerprint density at radius 3 is 2.71 bits per heavy atom. The second-order valence-electron chi connectivity index (χ2n) is 4.06. The first kappa shape index (κ1) is 10.6. The third-order valence-corrected chi connectivity index (χ3v) is 4.30. The van der Waals surface area contributed by atoms with Crippen molar-refractivity contribution in [3.63, 3.8) is 0 Å². The minimum atomic E-state index is 0.773. The van der Waals surface area contributed by atoms with E-state index in [-0.39, 0.29) is 0 Å². The summed E-state index contributed by atoms with van der Waals surface area (Å²) in [5.41, 5.74) is 1.36. The summed E-state index contributed by atoms with van der Waals surface area (Å²) in [5, 5.41) is 2.22. The van der Waals surface area contributed by atoms with Crippen LogP contribution in [0.1, 0.15) is 34.3 Å². The smallest absolute Gasteiger partial charge is 0.107 e. The van der Waals surface area contributed by atoms with Crippen molar-refractivity contribution in [2.75, 3.05) is 14.1 Å². The predicted molar refractivity (Wildman–Crippen MR) is 64.1 cm³/mol. The van der Waals surface area contributed by atoms with Crippen molar-refractivity contribution in [1.82, 2.24) is 9.88 Å². The molecule has 0 amide bonds. The van der Waals surface area contributed by atoms with Gasteiger partial charge < -0.3 is 4.90 Å². The zero-order valence-electron chi connectivity index (χ0n) is 8.59. The monoisotopic (exact) mass is 274 g/mol. The molecular weight excluding hydrogens is 260 g/mol. The Balaban J connectivity index is 2.17. The summed E-state index contributed by atoms with van der Waals surface area (Å²) >= 11 is 5.40. The number of aromatic nitrogens is 1. The summed E-state index contributed by atoms with van der Waals surface area (Å²) in [4.78, 5) is 8.34. The molecule has 1 aromatic rings. The molecule has 2 nitrogen and oxygen atoms in total. The van der Waals surface area contributed by atoms with Crippen molar-refractivity contribution in [3.8, 4) is 0 Å². The third-order valence-electron chi connectivity index (χ3n) is 2.31. The van der Waals surface area contributed by atoms with Crippen LogP contribution in [0.3, 0.4) is 0 Å². The van der Waals surface area contributed by atoms with E-state index in [2.05, 4.69) is 34.9 Å². The first-order valence-electron chi connectivity index (χ1n) is 4.90. The molecule has 1 fully saturated rings. The Morgan fingerprint density at radius 2 is 2.21 bits per heavy atom. The highest BCUT2D eigenvalue weighted by molar-refractivity contribution is 9.08. The van der Waals surface area contributed by atoms with Crippen LogP contribution in [-0.2, 0) is 11.9 Å². The SMILES string of the molecule is CN(C)Cc1nc(C2CC2)c(CBr)s1. The van der Waals surface area contributed by atoms with Gasteiger partial charge in [0.15, 0.2) is 0 Å². The van der Waals surface area contributed by atoms with E-state index in [9.17, 15) is 0 Å². The highest BCUT2D eigenvalue weighted by Crippen LogP contribution is 2.43. The van der Waals surface area contributed by atoms with Gasteiger partial charge in [-0.15, -0.1) is 11.3 Å². The Bertz CT molecular complexity index is 318. The zero-order chi connectivity index (χ0) is 10.1. The number of thiazole rings is 1. The minimum absolute atomic E-state index is 0.773. The zero-order valence-corrected chi connectivity index (χ0v) is 11.0. The average Bonchev–Trinajstić information content (AvgIpc) is 2.88. The van der Waals surface area contributed by atoms with Crippen molar-refractivity contribution in [1.29, 1.82) is 0 Å². The first-order valence-corrected chi connectivity index (χ1v) is 6.83. The molecule has 78 valence electrons. The van der Waals surface area contributed by atoms with Gasteiger partial charge in [0.05, 0.1) is 5.69 Å². The normalized spacial score (nSPS) is 16.6. The van der Waals surface area contributed by atoms with Crippen LogP contribution in [0, 0.1) is 0 Å². The Hall–Kier alpha value is 0.0700. The maximum atomic E-state index is 4.73. The van der Waals surface area contributed by atoms with Gasteiger partial charge >= 0.3 is 0 Å². The molecule has 0 N–H and O–H groups in total. The van der Waals surface area contributed by atoms with Gasteiger partial charge in [0.1, 0.15) is 5.01 Å². The number of hydrogen-bond donors (Lipinski definition) is 0. The molecule has 1 aromatic heterocycles. The highest BCUT2D eigenvalue weighted by Gasteiger charge is 2.29. The fraction of sp³-hybridized carbons (Fsp3) is 0.700. The lowest BCUT2D eigenvalue weighted by Crippen LogP contribution is -2.10. The molecule has 1 aliphatic carbocycles. The van der Waals surface area contributed by atoms with Gasteiger partial charge in [-0.05, 0) is 26.9 Å². The van der Waals surface area contributed by atoms with Gasteiger partial charge in [-0.2, -0.15) is 0 Å². The summed E-state index contributed by atoms with van der Waals surface area (Å²) in [7, 11) is 4.18. The maximum absolute atomic E-state index is 4.73. The Morgan fingerprint density at radius 1 is 1.50 bits per heavy atom. The molecule has 0 aliphatic heterocycles. The molecule has 1 saturated carbocycles. The quantitative estimate of drug-likeness (QED) is 0.785. The van der Waals surface area contributed by atoms with Crippen LogP contribution in [0.4, 0.5) is 0 Å². The molecule has 2 rings (SSSR count). The average molecular weight is 275 g/mol. The summed E-state index contributed by atoms with van der Waals surface area (Å²) < 4.78 is 0. The lowest BCUT2D eigenvalue weighted by molar-refractivity contribution is 0.401. The second-order valence-corrected chi connectivity index (χ2v) is 5.79. The van der Waals surface area contributed by atoms with E-state index >= 15 is 0 Å². The van der Waals surface area contributed by atoms with Crippen LogP contribution in [0.2, 0.25) is 0 Å². The van der Waals surface area contributed by atoms with E-state index in [1.807, 2.05) is 11.3 Å². The predicted octanol–water partition coefficient (Wildman–Crippen LogP) is 2.98. The molecule has 0 bridgehead atoms. The molecule has 0 saturated heterocycles. The molecule has 4 heteroatoms. The minimum Gasteiger partial charge on any atom is -0.303 e. The van der Waals surface area contributed by atoms with E-state index < -0.39 is 0 Å². The Kier molecular flexibility index (Phi) is 3.24. The van der Waals surface area contributed by atoms with E-state index in [1.54, 1.807) is 0 Å². The molecule has 0 unspecified atom stereocenters.